The van der Waals surface area contributed by atoms with Gasteiger partial charge < -0.3 is 5.32 Å². The lowest BCUT2D eigenvalue weighted by Crippen LogP contribution is -2.10. The molecule has 1 amide bonds. The van der Waals surface area contributed by atoms with Crippen LogP contribution >= 0.6 is 27.3 Å². The van der Waals surface area contributed by atoms with E-state index in [4.69, 9.17) is 0 Å². The molecule has 2 rings (SSSR count). The summed E-state index contributed by atoms with van der Waals surface area (Å²) in [6.07, 6.45) is 0.765. The van der Waals surface area contributed by atoms with Gasteiger partial charge in [0.05, 0.1) is 9.35 Å². The molecule has 0 aliphatic carbocycles. The molecule has 2 aromatic rings. The molecule has 0 atom stereocenters. The van der Waals surface area contributed by atoms with Gasteiger partial charge in [0.2, 0.25) is 0 Å². The van der Waals surface area contributed by atoms with Crippen molar-refractivity contribution in [2.75, 3.05) is 5.32 Å². The molecule has 86 valence electrons. The van der Waals surface area contributed by atoms with Gasteiger partial charge >= 0.3 is 0 Å². The number of aldehydes is 1. The highest BCUT2D eigenvalue weighted by Gasteiger charge is 2.07. The Balaban J connectivity index is 2.10. The molecule has 0 fully saturated rings. The van der Waals surface area contributed by atoms with E-state index in [0.29, 0.717) is 16.8 Å². The molecule has 5 heteroatoms. The highest BCUT2D eigenvalue weighted by molar-refractivity contribution is 9.11. The number of nitrogens with one attached hydrogen (secondary N) is 1. The summed E-state index contributed by atoms with van der Waals surface area (Å²) in [7, 11) is 0. The zero-order chi connectivity index (χ0) is 12.3. The van der Waals surface area contributed by atoms with Gasteiger partial charge in [-0.2, -0.15) is 0 Å². The Morgan fingerprint density at radius 2 is 2.00 bits per heavy atom. The summed E-state index contributed by atoms with van der Waals surface area (Å²) in [5.74, 6) is -0.161. The predicted octanol–water partition coefficient (Wildman–Crippen LogP) is 3.58. The first-order valence-corrected chi connectivity index (χ1v) is 6.47. The van der Waals surface area contributed by atoms with Gasteiger partial charge in [-0.05, 0) is 46.3 Å². The first kappa shape index (κ1) is 12.0. The SMILES string of the molecule is O=Cc1ccc(NC(=O)c2csc(Br)c2)cc1. The molecule has 0 radical (unpaired) electrons. The second-order valence-electron chi connectivity index (χ2n) is 3.33. The quantitative estimate of drug-likeness (QED) is 0.881. The highest BCUT2D eigenvalue weighted by atomic mass is 79.9. The first-order chi connectivity index (χ1) is 8.19. The number of benzene rings is 1. The van der Waals surface area contributed by atoms with E-state index in [-0.39, 0.29) is 5.91 Å². The average Bonchev–Trinajstić information content (AvgIpc) is 2.77. The van der Waals surface area contributed by atoms with Gasteiger partial charge in [0.1, 0.15) is 6.29 Å². The Hall–Kier alpha value is -1.46. The maximum absolute atomic E-state index is 11.8. The fraction of sp³-hybridized carbons (Fsp3) is 0. The molecule has 0 saturated heterocycles. The molecule has 17 heavy (non-hydrogen) atoms. The lowest BCUT2D eigenvalue weighted by Gasteiger charge is -2.03. The van der Waals surface area contributed by atoms with Gasteiger partial charge in [-0.15, -0.1) is 11.3 Å². The smallest absolute Gasteiger partial charge is 0.256 e. The summed E-state index contributed by atoms with van der Waals surface area (Å²) in [6.45, 7) is 0. The van der Waals surface area contributed by atoms with Gasteiger partial charge in [0.15, 0.2) is 0 Å². The van der Waals surface area contributed by atoms with Crippen LogP contribution in [0.1, 0.15) is 20.7 Å². The Bertz CT molecular complexity index is 548. The first-order valence-electron chi connectivity index (χ1n) is 4.79. The minimum Gasteiger partial charge on any atom is -0.322 e. The summed E-state index contributed by atoms with van der Waals surface area (Å²) < 4.78 is 0.916. The second kappa shape index (κ2) is 5.25. The third kappa shape index (κ3) is 3.01. The Kier molecular flexibility index (Phi) is 3.71. The summed E-state index contributed by atoms with van der Waals surface area (Å²) in [5, 5.41) is 4.53. The molecule has 1 N–H and O–H groups in total. The normalized spacial score (nSPS) is 9.94. The predicted molar refractivity (Wildman–Crippen MR) is 71.8 cm³/mol. The van der Waals surface area contributed by atoms with Gasteiger partial charge in [0, 0.05) is 16.6 Å². The van der Waals surface area contributed by atoms with Crippen LogP contribution in [0.15, 0.2) is 39.5 Å². The second-order valence-corrected chi connectivity index (χ2v) is 5.62. The van der Waals surface area contributed by atoms with Crippen LogP contribution < -0.4 is 5.32 Å². The van der Waals surface area contributed by atoms with E-state index in [1.165, 1.54) is 11.3 Å². The van der Waals surface area contributed by atoms with Gasteiger partial charge in [0.25, 0.3) is 5.91 Å². The zero-order valence-electron chi connectivity index (χ0n) is 8.64. The Morgan fingerprint density at radius 3 is 2.53 bits per heavy atom. The third-order valence-corrected chi connectivity index (χ3v) is 3.64. The number of halogens is 1. The van der Waals surface area contributed by atoms with Crippen LogP contribution in [0.5, 0.6) is 0 Å². The molecule has 3 nitrogen and oxygen atoms in total. The number of amides is 1. The number of hydrogen-bond donors (Lipinski definition) is 1. The minimum atomic E-state index is -0.161. The monoisotopic (exact) mass is 309 g/mol. The van der Waals surface area contributed by atoms with E-state index in [1.807, 2.05) is 0 Å². The molecule has 0 bridgehead atoms. The maximum Gasteiger partial charge on any atom is 0.256 e. The zero-order valence-corrected chi connectivity index (χ0v) is 11.0. The molecule has 1 aromatic heterocycles. The molecule has 1 aromatic carbocycles. The molecular formula is C12H8BrNO2S. The summed E-state index contributed by atoms with van der Waals surface area (Å²) in [5.41, 5.74) is 1.87. The van der Waals surface area contributed by atoms with E-state index in [9.17, 15) is 9.59 Å². The number of hydrogen-bond acceptors (Lipinski definition) is 3. The van der Waals surface area contributed by atoms with E-state index < -0.39 is 0 Å². The molecule has 0 aliphatic heterocycles. The van der Waals surface area contributed by atoms with Crippen molar-refractivity contribution in [3.05, 3.63) is 50.6 Å². The maximum atomic E-state index is 11.8. The van der Waals surface area contributed by atoms with Crippen LogP contribution in [0.4, 0.5) is 5.69 Å². The van der Waals surface area contributed by atoms with Crippen molar-refractivity contribution in [2.45, 2.75) is 0 Å². The van der Waals surface area contributed by atoms with Crippen LogP contribution in [0.25, 0.3) is 0 Å². The number of anilines is 1. The summed E-state index contributed by atoms with van der Waals surface area (Å²) in [4.78, 5) is 22.3. The van der Waals surface area contributed by atoms with Crippen molar-refractivity contribution in [2.24, 2.45) is 0 Å². The molecule has 1 heterocycles. The number of carbonyl (C=O) groups is 2. The number of thiophene rings is 1. The van der Waals surface area contributed by atoms with Crippen LogP contribution in [0.2, 0.25) is 0 Å². The Labute approximate surface area is 111 Å². The minimum absolute atomic E-state index is 0.161. The molecule has 0 spiro atoms. The van der Waals surface area contributed by atoms with Gasteiger partial charge in [-0.3, -0.25) is 9.59 Å². The molecule has 0 unspecified atom stereocenters. The van der Waals surface area contributed by atoms with Gasteiger partial charge in [-0.1, -0.05) is 0 Å². The van der Waals surface area contributed by atoms with Crippen LogP contribution in [-0.2, 0) is 0 Å². The van der Waals surface area contributed by atoms with Gasteiger partial charge in [-0.25, -0.2) is 0 Å². The van der Waals surface area contributed by atoms with E-state index in [1.54, 1.807) is 35.7 Å². The van der Waals surface area contributed by atoms with E-state index in [2.05, 4.69) is 21.2 Å². The topological polar surface area (TPSA) is 46.2 Å². The highest BCUT2D eigenvalue weighted by Crippen LogP contribution is 2.21. The molecule has 0 saturated carbocycles. The van der Waals surface area contributed by atoms with Crippen molar-refractivity contribution >= 4 is 45.1 Å². The largest absolute Gasteiger partial charge is 0.322 e. The van der Waals surface area contributed by atoms with E-state index in [0.717, 1.165) is 10.1 Å². The molecule has 0 aliphatic rings. The summed E-state index contributed by atoms with van der Waals surface area (Å²) in [6, 6.07) is 8.48. The summed E-state index contributed by atoms with van der Waals surface area (Å²) >= 11 is 4.76. The van der Waals surface area contributed by atoms with Crippen molar-refractivity contribution in [3.63, 3.8) is 0 Å². The fourth-order valence-corrected chi connectivity index (χ4v) is 2.41. The van der Waals surface area contributed by atoms with Crippen molar-refractivity contribution in [1.29, 1.82) is 0 Å². The fourth-order valence-electron chi connectivity index (χ4n) is 1.28. The lowest BCUT2D eigenvalue weighted by molar-refractivity contribution is 0.102. The standard InChI is InChI=1S/C12H8BrNO2S/c13-11-5-9(7-17-11)12(16)14-10-3-1-8(6-15)2-4-10/h1-7H,(H,14,16). The number of carbonyl (C=O) groups excluding carboxylic acids is 2. The van der Waals surface area contributed by atoms with Crippen LogP contribution in [0, 0.1) is 0 Å². The van der Waals surface area contributed by atoms with E-state index >= 15 is 0 Å². The third-order valence-electron chi connectivity index (χ3n) is 2.13. The lowest BCUT2D eigenvalue weighted by atomic mass is 10.2. The molecular weight excluding hydrogens is 302 g/mol. The number of rotatable bonds is 3. The van der Waals surface area contributed by atoms with Crippen molar-refractivity contribution in [3.8, 4) is 0 Å². The average molecular weight is 310 g/mol. The van der Waals surface area contributed by atoms with Crippen molar-refractivity contribution in [1.82, 2.24) is 0 Å². The van der Waals surface area contributed by atoms with Crippen molar-refractivity contribution < 1.29 is 9.59 Å². The van der Waals surface area contributed by atoms with Crippen LogP contribution in [0.3, 0.4) is 0 Å². The Morgan fingerprint density at radius 1 is 1.29 bits per heavy atom. The van der Waals surface area contributed by atoms with Crippen LogP contribution in [-0.4, -0.2) is 12.2 Å².